The second-order valence-electron chi connectivity index (χ2n) is 6.77. The van der Waals surface area contributed by atoms with Gasteiger partial charge in [-0.25, -0.2) is 0 Å². The van der Waals surface area contributed by atoms with Gasteiger partial charge in [0.05, 0.1) is 13.3 Å². The maximum absolute atomic E-state index is 2.56. The van der Waals surface area contributed by atoms with Crippen LogP contribution in [0.1, 0.15) is 6.42 Å². The van der Waals surface area contributed by atoms with Crippen LogP contribution in [0, 0.1) is 0 Å². The van der Waals surface area contributed by atoms with Crippen LogP contribution >= 0.6 is 0 Å². The number of para-hydroxylation sites is 2. The highest BCUT2D eigenvalue weighted by atomic mass is 15.4. The molecule has 0 aromatic heterocycles. The SMILES string of the molecule is C1=CN(c2ccccc2)CN1CCCN1CCN(c2ccccc2)C1. The van der Waals surface area contributed by atoms with Crippen molar-refractivity contribution >= 4 is 11.4 Å². The van der Waals surface area contributed by atoms with Gasteiger partial charge in [0, 0.05) is 50.0 Å². The largest absolute Gasteiger partial charge is 0.358 e. The number of nitrogens with zero attached hydrogens (tertiary/aromatic N) is 4. The molecule has 0 unspecified atom stereocenters. The maximum Gasteiger partial charge on any atom is 0.0941 e. The highest BCUT2D eigenvalue weighted by Crippen LogP contribution is 2.20. The lowest BCUT2D eigenvalue weighted by atomic mass is 10.3. The smallest absolute Gasteiger partial charge is 0.0941 e. The molecule has 4 nitrogen and oxygen atoms in total. The van der Waals surface area contributed by atoms with E-state index in [2.05, 4.69) is 92.7 Å². The zero-order valence-electron chi connectivity index (χ0n) is 14.7. The van der Waals surface area contributed by atoms with E-state index in [0.29, 0.717) is 0 Å². The fraction of sp³-hybridized carbons (Fsp3) is 0.333. The summed E-state index contributed by atoms with van der Waals surface area (Å²) in [6.45, 7) is 6.59. The first kappa shape index (κ1) is 16.0. The normalized spacial score (nSPS) is 17.7. The molecule has 0 aliphatic carbocycles. The Morgan fingerprint density at radius 3 is 2.16 bits per heavy atom. The number of benzene rings is 2. The van der Waals surface area contributed by atoms with Gasteiger partial charge >= 0.3 is 0 Å². The van der Waals surface area contributed by atoms with Gasteiger partial charge in [-0.2, -0.15) is 0 Å². The molecule has 0 spiro atoms. The van der Waals surface area contributed by atoms with Crippen molar-refractivity contribution < 1.29 is 0 Å². The molecule has 0 amide bonds. The molecule has 0 saturated carbocycles. The topological polar surface area (TPSA) is 13.0 Å². The number of anilines is 2. The Kier molecular flexibility index (Phi) is 4.89. The van der Waals surface area contributed by atoms with E-state index >= 15 is 0 Å². The summed E-state index contributed by atoms with van der Waals surface area (Å²) >= 11 is 0. The van der Waals surface area contributed by atoms with Crippen molar-refractivity contribution in [2.24, 2.45) is 0 Å². The summed E-state index contributed by atoms with van der Waals surface area (Å²) in [5.41, 5.74) is 2.60. The molecule has 2 aromatic carbocycles. The lowest BCUT2D eigenvalue weighted by Gasteiger charge is -2.23. The molecule has 1 saturated heterocycles. The van der Waals surface area contributed by atoms with E-state index in [1.54, 1.807) is 0 Å². The van der Waals surface area contributed by atoms with Gasteiger partial charge in [-0.05, 0) is 30.7 Å². The standard InChI is InChI=1S/C21H26N4/c1-3-8-20(9-4-1)24-16-14-22(18-24)12-7-13-23-15-17-25(19-23)21-10-5-2-6-11-21/h1-6,8-11,14,16H,7,12-13,15,17-19H2. The number of rotatable bonds is 6. The molecule has 4 rings (SSSR count). The van der Waals surface area contributed by atoms with Crippen LogP contribution in [0.3, 0.4) is 0 Å². The van der Waals surface area contributed by atoms with Crippen molar-refractivity contribution in [1.82, 2.24) is 9.80 Å². The van der Waals surface area contributed by atoms with Crippen LogP contribution in [0.25, 0.3) is 0 Å². The highest BCUT2D eigenvalue weighted by molar-refractivity contribution is 5.49. The molecule has 2 heterocycles. The van der Waals surface area contributed by atoms with Crippen LogP contribution in [-0.2, 0) is 0 Å². The average molecular weight is 334 g/mol. The molecule has 2 aliphatic heterocycles. The minimum Gasteiger partial charge on any atom is -0.358 e. The zero-order chi connectivity index (χ0) is 16.9. The molecule has 0 atom stereocenters. The van der Waals surface area contributed by atoms with Crippen molar-refractivity contribution in [3.05, 3.63) is 73.1 Å². The number of hydrogen-bond acceptors (Lipinski definition) is 4. The molecule has 4 heteroatoms. The van der Waals surface area contributed by atoms with Gasteiger partial charge in [0.15, 0.2) is 0 Å². The summed E-state index contributed by atoms with van der Waals surface area (Å²) < 4.78 is 0. The van der Waals surface area contributed by atoms with Crippen LogP contribution in [0.4, 0.5) is 11.4 Å². The Balaban J connectivity index is 1.19. The molecule has 25 heavy (non-hydrogen) atoms. The summed E-state index contributed by atoms with van der Waals surface area (Å²) in [6.07, 6.45) is 5.60. The Morgan fingerprint density at radius 2 is 1.40 bits per heavy atom. The first-order valence-electron chi connectivity index (χ1n) is 9.15. The van der Waals surface area contributed by atoms with Crippen molar-refractivity contribution in [3.63, 3.8) is 0 Å². The van der Waals surface area contributed by atoms with Gasteiger partial charge in [-0.1, -0.05) is 36.4 Å². The molecular weight excluding hydrogens is 308 g/mol. The Hall–Kier alpha value is -2.46. The third-order valence-electron chi connectivity index (χ3n) is 4.98. The lowest BCUT2D eigenvalue weighted by molar-refractivity contribution is 0.305. The van der Waals surface area contributed by atoms with Crippen LogP contribution < -0.4 is 9.80 Å². The lowest BCUT2D eigenvalue weighted by Crippen LogP contribution is -2.30. The highest BCUT2D eigenvalue weighted by Gasteiger charge is 2.20. The van der Waals surface area contributed by atoms with Gasteiger partial charge in [0.2, 0.25) is 0 Å². The average Bonchev–Trinajstić information content (AvgIpc) is 3.33. The maximum atomic E-state index is 2.56. The van der Waals surface area contributed by atoms with Crippen LogP contribution in [0.15, 0.2) is 73.1 Å². The van der Waals surface area contributed by atoms with Gasteiger partial charge in [0.25, 0.3) is 0 Å². The van der Waals surface area contributed by atoms with Gasteiger partial charge in [-0.15, -0.1) is 0 Å². The van der Waals surface area contributed by atoms with Crippen molar-refractivity contribution in [1.29, 1.82) is 0 Å². The predicted molar refractivity (Wildman–Crippen MR) is 104 cm³/mol. The Labute approximate surface area is 150 Å². The monoisotopic (exact) mass is 334 g/mol. The van der Waals surface area contributed by atoms with Gasteiger partial charge in [0.1, 0.15) is 0 Å². The van der Waals surface area contributed by atoms with Crippen LogP contribution in [-0.4, -0.2) is 49.3 Å². The third kappa shape index (κ3) is 3.97. The molecular formula is C21H26N4. The summed E-state index contributed by atoms with van der Waals surface area (Å²) in [5.74, 6) is 0. The van der Waals surface area contributed by atoms with Gasteiger partial charge < -0.3 is 14.7 Å². The Morgan fingerprint density at radius 1 is 0.680 bits per heavy atom. The molecule has 0 radical (unpaired) electrons. The fourth-order valence-electron chi connectivity index (χ4n) is 3.57. The molecule has 1 fully saturated rings. The number of hydrogen-bond donors (Lipinski definition) is 0. The molecule has 2 aliphatic rings. The molecule has 0 bridgehead atoms. The van der Waals surface area contributed by atoms with E-state index < -0.39 is 0 Å². The molecule has 130 valence electrons. The minimum absolute atomic E-state index is 0.958. The van der Waals surface area contributed by atoms with E-state index in [1.807, 2.05) is 0 Å². The second-order valence-corrected chi connectivity index (χ2v) is 6.77. The van der Waals surface area contributed by atoms with Crippen molar-refractivity contribution in [2.75, 3.05) is 49.3 Å². The summed E-state index contributed by atoms with van der Waals surface area (Å²) in [7, 11) is 0. The summed E-state index contributed by atoms with van der Waals surface area (Å²) in [4.78, 5) is 9.72. The van der Waals surface area contributed by atoms with E-state index in [9.17, 15) is 0 Å². The second kappa shape index (κ2) is 7.62. The molecule has 2 aromatic rings. The fourth-order valence-corrected chi connectivity index (χ4v) is 3.57. The molecule has 0 N–H and O–H groups in total. The quantitative estimate of drug-likeness (QED) is 0.802. The zero-order valence-corrected chi connectivity index (χ0v) is 14.7. The Bertz CT molecular complexity index is 686. The van der Waals surface area contributed by atoms with E-state index in [0.717, 1.165) is 26.4 Å². The first-order valence-corrected chi connectivity index (χ1v) is 9.15. The van der Waals surface area contributed by atoms with Crippen LogP contribution in [0.5, 0.6) is 0 Å². The first-order chi connectivity index (χ1) is 12.4. The van der Waals surface area contributed by atoms with E-state index in [1.165, 1.54) is 30.9 Å². The van der Waals surface area contributed by atoms with Gasteiger partial charge in [-0.3, -0.25) is 4.90 Å². The van der Waals surface area contributed by atoms with Crippen molar-refractivity contribution in [3.8, 4) is 0 Å². The van der Waals surface area contributed by atoms with E-state index in [-0.39, 0.29) is 0 Å². The summed E-state index contributed by atoms with van der Waals surface area (Å²) in [6, 6.07) is 21.3. The van der Waals surface area contributed by atoms with Crippen LogP contribution in [0.2, 0.25) is 0 Å². The van der Waals surface area contributed by atoms with E-state index in [4.69, 9.17) is 0 Å². The predicted octanol–water partition coefficient (Wildman–Crippen LogP) is 3.41. The summed E-state index contributed by atoms with van der Waals surface area (Å²) in [5, 5.41) is 0. The minimum atomic E-state index is 0.958. The third-order valence-corrected chi connectivity index (χ3v) is 4.98. The van der Waals surface area contributed by atoms with Crippen molar-refractivity contribution in [2.45, 2.75) is 6.42 Å².